The molecule has 1 aromatic heterocycles. The molecule has 3 nitrogen and oxygen atoms in total. The first kappa shape index (κ1) is 12.9. The summed E-state index contributed by atoms with van der Waals surface area (Å²) in [6.07, 6.45) is 3.52. The van der Waals surface area contributed by atoms with Crippen molar-refractivity contribution >= 4 is 17.3 Å². The Kier molecular flexibility index (Phi) is 4.18. The van der Waals surface area contributed by atoms with Crippen LogP contribution in [0.2, 0.25) is 5.02 Å². The summed E-state index contributed by atoms with van der Waals surface area (Å²) in [5, 5.41) is 13.5. The average Bonchev–Trinajstić information content (AvgIpc) is 2.39. The number of aromatic nitrogens is 1. The molecule has 4 heteroatoms. The second-order valence-electron chi connectivity index (χ2n) is 4.12. The number of aliphatic hydroxyl groups is 1. The quantitative estimate of drug-likeness (QED) is 0.890. The number of anilines is 1. The average molecular weight is 263 g/mol. The number of nitrogens with zero attached hydrogens (tertiary/aromatic N) is 1. The van der Waals surface area contributed by atoms with Gasteiger partial charge in [-0.15, -0.1) is 0 Å². The molecule has 1 unspecified atom stereocenters. The fourth-order valence-corrected chi connectivity index (χ4v) is 1.94. The van der Waals surface area contributed by atoms with Crippen LogP contribution >= 0.6 is 11.6 Å². The van der Waals surface area contributed by atoms with Gasteiger partial charge in [0.2, 0.25) is 0 Å². The van der Waals surface area contributed by atoms with E-state index in [0.717, 1.165) is 16.8 Å². The third kappa shape index (κ3) is 3.00. The first-order chi connectivity index (χ1) is 8.70. The molecule has 2 N–H and O–H groups in total. The van der Waals surface area contributed by atoms with E-state index in [2.05, 4.69) is 10.3 Å². The molecule has 0 bridgehead atoms. The zero-order chi connectivity index (χ0) is 13.0. The SMILES string of the molecule is Cc1ccncc1C(CO)Nc1ccc(Cl)cc1. The smallest absolute Gasteiger partial charge is 0.0762 e. The van der Waals surface area contributed by atoms with Crippen molar-refractivity contribution in [1.29, 1.82) is 0 Å². The molecule has 0 saturated heterocycles. The Labute approximate surface area is 111 Å². The van der Waals surface area contributed by atoms with Crippen LogP contribution in [0.4, 0.5) is 5.69 Å². The fourth-order valence-electron chi connectivity index (χ4n) is 1.81. The molecule has 1 aromatic carbocycles. The number of aliphatic hydroxyl groups excluding tert-OH is 1. The Morgan fingerprint density at radius 2 is 2.00 bits per heavy atom. The van der Waals surface area contributed by atoms with Crippen LogP contribution in [0, 0.1) is 6.92 Å². The standard InChI is InChI=1S/C14H15ClN2O/c1-10-6-7-16-8-13(10)14(9-18)17-12-4-2-11(15)3-5-12/h2-8,14,17-18H,9H2,1H3. The summed E-state index contributed by atoms with van der Waals surface area (Å²) in [6.45, 7) is 2.01. The molecule has 2 aromatic rings. The lowest BCUT2D eigenvalue weighted by atomic mass is 10.0. The predicted molar refractivity (Wildman–Crippen MR) is 73.9 cm³/mol. The molecule has 2 rings (SSSR count). The van der Waals surface area contributed by atoms with E-state index in [-0.39, 0.29) is 12.6 Å². The van der Waals surface area contributed by atoms with Gasteiger partial charge in [-0.1, -0.05) is 11.6 Å². The van der Waals surface area contributed by atoms with Gasteiger partial charge in [0.25, 0.3) is 0 Å². The molecule has 0 amide bonds. The Morgan fingerprint density at radius 1 is 1.28 bits per heavy atom. The van der Waals surface area contributed by atoms with Gasteiger partial charge >= 0.3 is 0 Å². The van der Waals surface area contributed by atoms with E-state index in [0.29, 0.717) is 5.02 Å². The highest BCUT2D eigenvalue weighted by Crippen LogP contribution is 2.22. The van der Waals surface area contributed by atoms with E-state index in [1.807, 2.05) is 37.3 Å². The van der Waals surface area contributed by atoms with Gasteiger partial charge in [0.15, 0.2) is 0 Å². The second kappa shape index (κ2) is 5.85. The summed E-state index contributed by atoms with van der Waals surface area (Å²) >= 11 is 5.84. The number of aryl methyl sites for hydroxylation is 1. The number of hydrogen-bond donors (Lipinski definition) is 2. The maximum Gasteiger partial charge on any atom is 0.0762 e. The fraction of sp³-hybridized carbons (Fsp3) is 0.214. The molecule has 94 valence electrons. The normalized spacial score (nSPS) is 12.2. The first-order valence-corrected chi connectivity index (χ1v) is 6.12. The largest absolute Gasteiger partial charge is 0.394 e. The number of hydrogen-bond acceptors (Lipinski definition) is 3. The van der Waals surface area contributed by atoms with Crippen molar-refractivity contribution in [2.75, 3.05) is 11.9 Å². The van der Waals surface area contributed by atoms with E-state index >= 15 is 0 Å². The zero-order valence-corrected chi connectivity index (χ0v) is 10.9. The van der Waals surface area contributed by atoms with Gasteiger partial charge in [-0.05, 0) is 48.4 Å². The lowest BCUT2D eigenvalue weighted by molar-refractivity contribution is 0.276. The molecule has 0 fully saturated rings. The van der Waals surface area contributed by atoms with Gasteiger partial charge in [-0.25, -0.2) is 0 Å². The Balaban J connectivity index is 2.20. The van der Waals surface area contributed by atoms with Crippen LogP contribution in [0.5, 0.6) is 0 Å². The van der Waals surface area contributed by atoms with E-state index in [1.54, 1.807) is 12.4 Å². The maximum atomic E-state index is 9.50. The molecule has 0 aliphatic carbocycles. The second-order valence-corrected chi connectivity index (χ2v) is 4.56. The molecule has 0 spiro atoms. The molecular formula is C14H15ClN2O. The van der Waals surface area contributed by atoms with E-state index in [9.17, 15) is 5.11 Å². The van der Waals surface area contributed by atoms with Crippen LogP contribution in [0.3, 0.4) is 0 Å². The van der Waals surface area contributed by atoms with Gasteiger partial charge in [-0.3, -0.25) is 4.98 Å². The van der Waals surface area contributed by atoms with Crippen LogP contribution < -0.4 is 5.32 Å². The van der Waals surface area contributed by atoms with Crippen molar-refractivity contribution in [1.82, 2.24) is 4.98 Å². The lowest BCUT2D eigenvalue weighted by Gasteiger charge is -2.19. The monoisotopic (exact) mass is 262 g/mol. The topological polar surface area (TPSA) is 45.2 Å². The van der Waals surface area contributed by atoms with Crippen LogP contribution in [0.25, 0.3) is 0 Å². The van der Waals surface area contributed by atoms with E-state index in [1.165, 1.54) is 0 Å². The van der Waals surface area contributed by atoms with E-state index in [4.69, 9.17) is 11.6 Å². The number of rotatable bonds is 4. The number of benzene rings is 1. The van der Waals surface area contributed by atoms with Gasteiger partial charge in [0, 0.05) is 23.1 Å². The van der Waals surface area contributed by atoms with Crippen molar-refractivity contribution in [3.05, 3.63) is 58.9 Å². The summed E-state index contributed by atoms with van der Waals surface area (Å²) in [7, 11) is 0. The lowest BCUT2D eigenvalue weighted by Crippen LogP contribution is -2.16. The minimum atomic E-state index is -0.167. The first-order valence-electron chi connectivity index (χ1n) is 5.74. The predicted octanol–water partition coefficient (Wildman–Crippen LogP) is 3.19. The summed E-state index contributed by atoms with van der Waals surface area (Å²) in [6, 6.07) is 9.16. The molecule has 0 aliphatic heterocycles. The molecule has 0 saturated carbocycles. The summed E-state index contributed by atoms with van der Waals surface area (Å²) in [5.41, 5.74) is 3.02. The third-order valence-corrected chi connectivity index (χ3v) is 3.07. The van der Waals surface area contributed by atoms with Gasteiger partial charge in [0.1, 0.15) is 0 Å². The molecule has 1 heterocycles. The van der Waals surface area contributed by atoms with Crippen LogP contribution in [0.15, 0.2) is 42.7 Å². The van der Waals surface area contributed by atoms with Crippen LogP contribution in [-0.2, 0) is 0 Å². The van der Waals surface area contributed by atoms with Crippen molar-refractivity contribution in [2.45, 2.75) is 13.0 Å². The molecule has 1 atom stereocenters. The van der Waals surface area contributed by atoms with Crippen molar-refractivity contribution < 1.29 is 5.11 Å². The minimum Gasteiger partial charge on any atom is -0.394 e. The van der Waals surface area contributed by atoms with Crippen molar-refractivity contribution in [3.63, 3.8) is 0 Å². The highest BCUT2D eigenvalue weighted by Gasteiger charge is 2.12. The Morgan fingerprint density at radius 3 is 2.61 bits per heavy atom. The molecular weight excluding hydrogens is 248 g/mol. The Bertz CT molecular complexity index is 513. The van der Waals surface area contributed by atoms with Crippen LogP contribution in [0.1, 0.15) is 17.2 Å². The third-order valence-electron chi connectivity index (χ3n) is 2.82. The number of pyridine rings is 1. The van der Waals surface area contributed by atoms with Crippen molar-refractivity contribution in [3.8, 4) is 0 Å². The molecule has 18 heavy (non-hydrogen) atoms. The summed E-state index contributed by atoms with van der Waals surface area (Å²) in [4.78, 5) is 4.10. The summed E-state index contributed by atoms with van der Waals surface area (Å²) in [5.74, 6) is 0. The maximum absolute atomic E-state index is 9.50. The van der Waals surface area contributed by atoms with Gasteiger partial charge in [-0.2, -0.15) is 0 Å². The van der Waals surface area contributed by atoms with Crippen molar-refractivity contribution in [2.24, 2.45) is 0 Å². The minimum absolute atomic E-state index is 0.00909. The number of nitrogens with one attached hydrogen (secondary N) is 1. The highest BCUT2D eigenvalue weighted by atomic mass is 35.5. The van der Waals surface area contributed by atoms with Gasteiger partial charge in [0.05, 0.1) is 12.6 Å². The Hall–Kier alpha value is -1.58. The summed E-state index contributed by atoms with van der Waals surface area (Å²) < 4.78 is 0. The molecule has 0 aliphatic rings. The van der Waals surface area contributed by atoms with Crippen LogP contribution in [-0.4, -0.2) is 16.7 Å². The zero-order valence-electron chi connectivity index (χ0n) is 10.1. The van der Waals surface area contributed by atoms with Gasteiger partial charge < -0.3 is 10.4 Å². The number of halogens is 1. The van der Waals surface area contributed by atoms with E-state index < -0.39 is 0 Å². The highest BCUT2D eigenvalue weighted by molar-refractivity contribution is 6.30. The molecule has 0 radical (unpaired) electrons.